The molecule has 0 aliphatic carbocycles. The van der Waals surface area contributed by atoms with Crippen molar-refractivity contribution >= 4 is 39.2 Å². The number of hydrogen-bond donors (Lipinski definition) is 3. The number of rotatable bonds is 7. The molecule has 0 spiro atoms. The average Bonchev–Trinajstić information content (AvgIpc) is 2.26. The zero-order chi connectivity index (χ0) is 11.8. The van der Waals surface area contributed by atoms with Crippen LogP contribution in [0.1, 0.15) is 6.42 Å². The Balaban J connectivity index is 2.21. The summed E-state index contributed by atoms with van der Waals surface area (Å²) in [5.74, 6) is 2.70. The number of anilines is 2. The van der Waals surface area contributed by atoms with Crippen LogP contribution in [0.4, 0.5) is 11.5 Å². The van der Waals surface area contributed by atoms with Gasteiger partial charge in [0.1, 0.15) is 5.82 Å². The van der Waals surface area contributed by atoms with Gasteiger partial charge in [0.25, 0.3) is 0 Å². The first-order chi connectivity index (χ1) is 7.74. The smallest absolute Gasteiger partial charge is 0.149 e. The van der Waals surface area contributed by atoms with Crippen molar-refractivity contribution in [3.63, 3.8) is 0 Å². The van der Waals surface area contributed by atoms with E-state index in [-0.39, 0.29) is 6.61 Å². The predicted octanol–water partition coefficient (Wildman–Crippen LogP) is 1.95. The van der Waals surface area contributed by atoms with Crippen LogP contribution in [-0.2, 0) is 0 Å². The van der Waals surface area contributed by atoms with Gasteiger partial charge < -0.3 is 16.2 Å². The number of nitrogen functional groups attached to an aromatic ring is 1. The van der Waals surface area contributed by atoms with Crippen molar-refractivity contribution in [1.29, 1.82) is 0 Å². The van der Waals surface area contributed by atoms with Crippen LogP contribution in [0.25, 0.3) is 0 Å². The van der Waals surface area contributed by atoms with Gasteiger partial charge >= 0.3 is 0 Å². The second-order valence-corrected chi connectivity index (χ2v) is 5.35. The van der Waals surface area contributed by atoms with E-state index >= 15 is 0 Å². The third-order valence-electron chi connectivity index (χ3n) is 1.87. The van der Waals surface area contributed by atoms with Crippen LogP contribution in [0, 0.1) is 0 Å². The molecule has 0 saturated heterocycles. The molecule has 1 aromatic heterocycles. The van der Waals surface area contributed by atoms with Gasteiger partial charge in [-0.2, -0.15) is 11.8 Å². The number of pyridine rings is 1. The lowest BCUT2D eigenvalue weighted by atomic mass is 10.4. The predicted molar refractivity (Wildman–Crippen MR) is 73.9 cm³/mol. The van der Waals surface area contributed by atoms with Crippen LogP contribution in [0.5, 0.6) is 0 Å². The van der Waals surface area contributed by atoms with Crippen molar-refractivity contribution in [2.75, 3.05) is 35.7 Å². The van der Waals surface area contributed by atoms with Crippen molar-refractivity contribution in [2.45, 2.75) is 6.42 Å². The maximum Gasteiger partial charge on any atom is 0.149 e. The van der Waals surface area contributed by atoms with E-state index < -0.39 is 0 Å². The number of thioether (sulfide) groups is 1. The average molecular weight is 306 g/mol. The van der Waals surface area contributed by atoms with Crippen LogP contribution in [-0.4, -0.2) is 34.7 Å². The van der Waals surface area contributed by atoms with Gasteiger partial charge in [0.15, 0.2) is 0 Å². The summed E-state index contributed by atoms with van der Waals surface area (Å²) >= 11 is 5.11. The van der Waals surface area contributed by atoms with Crippen molar-refractivity contribution < 1.29 is 5.11 Å². The Morgan fingerprint density at radius 1 is 1.50 bits per heavy atom. The molecule has 90 valence electrons. The molecular formula is C10H16BrN3OS. The Kier molecular flexibility index (Phi) is 6.59. The van der Waals surface area contributed by atoms with Crippen LogP contribution < -0.4 is 11.1 Å². The molecule has 1 rings (SSSR count). The Bertz CT molecular complexity index is 325. The summed E-state index contributed by atoms with van der Waals surface area (Å²) in [5, 5.41) is 11.8. The normalized spacial score (nSPS) is 10.4. The van der Waals surface area contributed by atoms with E-state index in [4.69, 9.17) is 10.8 Å². The van der Waals surface area contributed by atoms with Gasteiger partial charge in [-0.1, -0.05) is 0 Å². The van der Waals surface area contributed by atoms with E-state index in [9.17, 15) is 0 Å². The van der Waals surface area contributed by atoms with E-state index in [1.165, 1.54) is 0 Å². The Morgan fingerprint density at radius 3 is 3.00 bits per heavy atom. The monoisotopic (exact) mass is 305 g/mol. The first-order valence-corrected chi connectivity index (χ1v) is 7.02. The summed E-state index contributed by atoms with van der Waals surface area (Å²) in [6.07, 6.45) is 2.57. The highest BCUT2D eigenvalue weighted by atomic mass is 79.9. The number of halogens is 1. The minimum atomic E-state index is 0.266. The molecule has 0 bridgehead atoms. The number of nitrogens with zero attached hydrogens (tertiary/aromatic N) is 1. The third-order valence-corrected chi connectivity index (χ3v) is 3.37. The maximum absolute atomic E-state index is 8.60. The zero-order valence-electron chi connectivity index (χ0n) is 8.95. The van der Waals surface area contributed by atoms with Crippen LogP contribution in [0.15, 0.2) is 16.7 Å². The molecule has 4 nitrogen and oxygen atoms in total. The van der Waals surface area contributed by atoms with E-state index in [1.807, 2.05) is 6.07 Å². The van der Waals surface area contributed by atoms with Crippen molar-refractivity contribution in [3.05, 3.63) is 16.7 Å². The van der Waals surface area contributed by atoms with Gasteiger partial charge in [-0.15, -0.1) is 0 Å². The van der Waals surface area contributed by atoms with Gasteiger partial charge in [0.05, 0.1) is 5.69 Å². The van der Waals surface area contributed by atoms with Gasteiger partial charge in [0, 0.05) is 29.6 Å². The highest BCUT2D eigenvalue weighted by Gasteiger charge is 2.00. The van der Waals surface area contributed by atoms with E-state index in [2.05, 4.69) is 26.2 Å². The summed E-state index contributed by atoms with van der Waals surface area (Å²) in [5.41, 5.74) is 6.44. The van der Waals surface area contributed by atoms with Crippen LogP contribution in [0.2, 0.25) is 0 Å². The molecule has 0 aromatic carbocycles. The highest BCUT2D eigenvalue weighted by Crippen LogP contribution is 2.19. The van der Waals surface area contributed by atoms with Gasteiger partial charge in [-0.05, 0) is 34.2 Å². The lowest BCUT2D eigenvalue weighted by molar-refractivity contribution is 0.296. The lowest BCUT2D eigenvalue weighted by Gasteiger charge is -2.07. The molecule has 0 aliphatic heterocycles. The summed E-state index contributed by atoms with van der Waals surface area (Å²) in [4.78, 5) is 4.18. The number of aliphatic hydroxyl groups excluding tert-OH is 1. The van der Waals surface area contributed by atoms with E-state index in [0.29, 0.717) is 5.69 Å². The van der Waals surface area contributed by atoms with Gasteiger partial charge in [0.2, 0.25) is 0 Å². The first-order valence-electron chi connectivity index (χ1n) is 5.07. The van der Waals surface area contributed by atoms with Crippen molar-refractivity contribution in [2.24, 2.45) is 0 Å². The standard InChI is InChI=1S/C10H16BrN3OS/c11-8-6-9(12)10(14-7-8)13-2-5-16-4-1-3-15/h6-7,15H,1-5,12H2,(H,13,14). The SMILES string of the molecule is Nc1cc(Br)cnc1NCCSCCCO. The minimum Gasteiger partial charge on any atom is -0.396 e. The van der Waals surface area contributed by atoms with Crippen LogP contribution in [0.3, 0.4) is 0 Å². The quantitative estimate of drug-likeness (QED) is 0.672. The number of aromatic nitrogens is 1. The molecule has 0 atom stereocenters. The fraction of sp³-hybridized carbons (Fsp3) is 0.500. The second kappa shape index (κ2) is 7.76. The molecule has 0 radical (unpaired) electrons. The van der Waals surface area contributed by atoms with Gasteiger partial charge in [-0.3, -0.25) is 0 Å². The third kappa shape index (κ3) is 5.05. The molecule has 6 heteroatoms. The molecule has 0 fully saturated rings. The Hall–Kier alpha value is -0.460. The zero-order valence-corrected chi connectivity index (χ0v) is 11.4. The number of nitrogens with one attached hydrogen (secondary N) is 1. The number of hydrogen-bond acceptors (Lipinski definition) is 5. The van der Waals surface area contributed by atoms with E-state index in [1.54, 1.807) is 18.0 Å². The highest BCUT2D eigenvalue weighted by molar-refractivity contribution is 9.10. The van der Waals surface area contributed by atoms with Crippen LogP contribution >= 0.6 is 27.7 Å². The molecule has 0 saturated carbocycles. The maximum atomic E-state index is 8.60. The summed E-state index contributed by atoms with van der Waals surface area (Å²) in [6, 6.07) is 1.83. The number of nitrogens with two attached hydrogens (primary N) is 1. The van der Waals surface area contributed by atoms with Crippen molar-refractivity contribution in [3.8, 4) is 0 Å². The molecule has 0 aliphatic rings. The molecular weight excluding hydrogens is 290 g/mol. The van der Waals surface area contributed by atoms with Crippen molar-refractivity contribution in [1.82, 2.24) is 4.98 Å². The summed E-state index contributed by atoms with van der Waals surface area (Å²) in [7, 11) is 0. The second-order valence-electron chi connectivity index (χ2n) is 3.21. The molecule has 1 heterocycles. The minimum absolute atomic E-state index is 0.266. The molecule has 4 N–H and O–H groups in total. The number of aliphatic hydroxyl groups is 1. The first kappa shape index (κ1) is 13.6. The largest absolute Gasteiger partial charge is 0.396 e. The summed E-state index contributed by atoms with van der Waals surface area (Å²) in [6.45, 7) is 1.09. The fourth-order valence-corrected chi connectivity index (χ4v) is 2.25. The van der Waals surface area contributed by atoms with E-state index in [0.717, 1.165) is 34.8 Å². The molecule has 16 heavy (non-hydrogen) atoms. The molecule has 0 amide bonds. The Labute approximate surface area is 108 Å². The fourth-order valence-electron chi connectivity index (χ4n) is 1.11. The Morgan fingerprint density at radius 2 is 2.31 bits per heavy atom. The topological polar surface area (TPSA) is 71.2 Å². The summed E-state index contributed by atoms with van der Waals surface area (Å²) < 4.78 is 0.882. The lowest BCUT2D eigenvalue weighted by Crippen LogP contribution is -2.08. The van der Waals surface area contributed by atoms with Gasteiger partial charge in [-0.25, -0.2) is 4.98 Å². The molecule has 0 unspecified atom stereocenters. The molecule has 1 aromatic rings.